The lowest BCUT2D eigenvalue weighted by atomic mass is 9.68. The molecule has 0 saturated heterocycles. The Morgan fingerprint density at radius 3 is 2.07 bits per heavy atom. The van der Waals surface area contributed by atoms with Gasteiger partial charge in [0.05, 0.1) is 0 Å². The number of aryl methyl sites for hydroxylation is 1. The number of benzene rings is 2. The Morgan fingerprint density at radius 1 is 0.926 bits per heavy atom. The molecule has 1 heteroatoms. The van der Waals surface area contributed by atoms with Crippen LogP contribution in [0.25, 0.3) is 11.1 Å². The van der Waals surface area contributed by atoms with E-state index in [0.717, 1.165) is 36.8 Å². The zero-order chi connectivity index (χ0) is 20.2. The minimum absolute atomic E-state index is 0.0594. The minimum atomic E-state index is 0.0594. The molecule has 0 bridgehead atoms. The molecular weight excluding hydrogens is 328 g/mol. The lowest BCUT2D eigenvalue weighted by Crippen LogP contribution is -2.28. The molecule has 1 N–H and O–H groups in total. The van der Waals surface area contributed by atoms with Crippen molar-refractivity contribution >= 4 is 0 Å². The maximum Gasteiger partial charge on any atom is 0.123 e. The van der Waals surface area contributed by atoms with Crippen molar-refractivity contribution < 1.29 is 5.11 Å². The highest BCUT2D eigenvalue weighted by atomic mass is 16.3. The smallest absolute Gasteiger partial charge is 0.123 e. The molecule has 0 aromatic heterocycles. The molecule has 0 amide bonds. The van der Waals surface area contributed by atoms with Gasteiger partial charge in [-0.2, -0.15) is 0 Å². The number of aromatic hydroxyl groups is 1. The highest BCUT2D eigenvalue weighted by Crippen LogP contribution is 2.45. The number of phenols is 1. The summed E-state index contributed by atoms with van der Waals surface area (Å²) in [5.74, 6) is 0.430. The first-order chi connectivity index (χ1) is 12.6. The van der Waals surface area contributed by atoms with Crippen LogP contribution < -0.4 is 0 Å². The van der Waals surface area contributed by atoms with Crippen molar-refractivity contribution in [3.8, 4) is 16.9 Å². The van der Waals surface area contributed by atoms with E-state index in [2.05, 4.69) is 78.8 Å². The summed E-state index contributed by atoms with van der Waals surface area (Å²) in [5.41, 5.74) is 6.56. The average Bonchev–Trinajstić information content (AvgIpc) is 2.57. The SMILES string of the molecule is CCCCc1cc(O)c(-c2ccccc2)c(CC)c1C(C)(C)CC(C)(C)C. The average molecular weight is 367 g/mol. The first-order valence-corrected chi connectivity index (χ1v) is 10.5. The van der Waals surface area contributed by atoms with Crippen molar-refractivity contribution in [3.05, 3.63) is 53.1 Å². The Bertz CT molecular complexity index is 748. The van der Waals surface area contributed by atoms with Crippen molar-refractivity contribution in [2.75, 3.05) is 0 Å². The third-order valence-corrected chi connectivity index (χ3v) is 5.36. The van der Waals surface area contributed by atoms with Gasteiger partial charge < -0.3 is 5.11 Å². The standard InChI is InChI=1S/C26H38O/c1-8-10-14-20-17-22(27)23(19-15-12-11-13-16-19)21(9-2)24(20)26(6,7)18-25(3,4)5/h11-13,15-17,27H,8-10,14,18H2,1-7H3. The highest BCUT2D eigenvalue weighted by molar-refractivity contribution is 5.76. The lowest BCUT2D eigenvalue weighted by molar-refractivity contribution is 0.282. The van der Waals surface area contributed by atoms with Gasteiger partial charge in [-0.05, 0) is 64.8 Å². The topological polar surface area (TPSA) is 20.2 Å². The van der Waals surface area contributed by atoms with Gasteiger partial charge in [-0.3, -0.25) is 0 Å². The summed E-state index contributed by atoms with van der Waals surface area (Å²) in [6, 6.07) is 12.4. The van der Waals surface area contributed by atoms with Gasteiger partial charge in [0.2, 0.25) is 0 Å². The molecule has 0 saturated carbocycles. The third-order valence-electron chi connectivity index (χ3n) is 5.36. The number of hydrogen-bond acceptors (Lipinski definition) is 1. The molecule has 2 rings (SSSR count). The Hall–Kier alpha value is -1.76. The third kappa shape index (κ3) is 5.15. The zero-order valence-electron chi connectivity index (χ0n) is 18.4. The Kier molecular flexibility index (Phi) is 6.78. The van der Waals surface area contributed by atoms with E-state index in [0.29, 0.717) is 5.75 Å². The van der Waals surface area contributed by atoms with Crippen LogP contribution >= 0.6 is 0 Å². The summed E-state index contributed by atoms with van der Waals surface area (Å²) in [4.78, 5) is 0. The first kappa shape index (κ1) is 21.5. The number of rotatable bonds is 7. The molecule has 0 aliphatic carbocycles. The van der Waals surface area contributed by atoms with Gasteiger partial charge in [-0.25, -0.2) is 0 Å². The van der Waals surface area contributed by atoms with E-state index < -0.39 is 0 Å². The Morgan fingerprint density at radius 2 is 1.56 bits per heavy atom. The largest absolute Gasteiger partial charge is 0.507 e. The first-order valence-electron chi connectivity index (χ1n) is 10.5. The molecule has 0 aliphatic rings. The molecule has 2 aromatic carbocycles. The summed E-state index contributed by atoms with van der Waals surface area (Å²) in [5, 5.41) is 11.0. The van der Waals surface area contributed by atoms with Crippen molar-refractivity contribution in [3.63, 3.8) is 0 Å². The lowest BCUT2D eigenvalue weighted by Gasteiger charge is -2.37. The van der Waals surface area contributed by atoms with Crippen molar-refractivity contribution in [1.82, 2.24) is 0 Å². The zero-order valence-corrected chi connectivity index (χ0v) is 18.4. The van der Waals surface area contributed by atoms with Gasteiger partial charge in [0, 0.05) is 5.56 Å². The molecule has 27 heavy (non-hydrogen) atoms. The number of phenolic OH excluding ortho intramolecular Hbond substituents is 1. The summed E-state index contributed by atoms with van der Waals surface area (Å²) in [6.45, 7) is 16.2. The second-order valence-electron chi connectivity index (χ2n) is 9.73. The fourth-order valence-corrected chi connectivity index (χ4v) is 4.88. The predicted octanol–water partition coefficient (Wildman–Crippen LogP) is 7.68. The van der Waals surface area contributed by atoms with Crippen LogP contribution in [-0.4, -0.2) is 5.11 Å². The summed E-state index contributed by atoms with van der Waals surface area (Å²) < 4.78 is 0. The van der Waals surface area contributed by atoms with E-state index in [1.807, 2.05) is 6.07 Å². The van der Waals surface area contributed by atoms with E-state index >= 15 is 0 Å². The number of hydrogen-bond donors (Lipinski definition) is 1. The van der Waals surface area contributed by atoms with Crippen molar-refractivity contribution in [1.29, 1.82) is 0 Å². The van der Waals surface area contributed by atoms with Crippen LogP contribution in [0.1, 0.15) is 84.4 Å². The second-order valence-corrected chi connectivity index (χ2v) is 9.73. The van der Waals surface area contributed by atoms with Crippen molar-refractivity contribution in [2.45, 2.75) is 86.0 Å². The molecule has 148 valence electrons. The molecule has 0 atom stereocenters. The van der Waals surface area contributed by atoms with E-state index in [1.165, 1.54) is 23.1 Å². The predicted molar refractivity (Wildman–Crippen MR) is 119 cm³/mol. The molecule has 2 aromatic rings. The van der Waals surface area contributed by atoms with Gasteiger partial charge in [0.1, 0.15) is 5.75 Å². The Balaban J connectivity index is 2.77. The molecule has 0 radical (unpaired) electrons. The van der Waals surface area contributed by atoms with Crippen LogP contribution in [0.2, 0.25) is 0 Å². The molecule has 1 nitrogen and oxygen atoms in total. The molecule has 0 unspecified atom stereocenters. The minimum Gasteiger partial charge on any atom is -0.507 e. The monoisotopic (exact) mass is 366 g/mol. The van der Waals surface area contributed by atoms with Gasteiger partial charge in [0.15, 0.2) is 0 Å². The van der Waals surface area contributed by atoms with Gasteiger partial charge in [0.25, 0.3) is 0 Å². The van der Waals surface area contributed by atoms with Crippen LogP contribution in [-0.2, 0) is 18.3 Å². The molecular formula is C26H38O. The van der Waals surface area contributed by atoms with E-state index in [4.69, 9.17) is 0 Å². The number of unbranched alkanes of at least 4 members (excludes halogenated alkanes) is 1. The molecule has 0 fully saturated rings. The quantitative estimate of drug-likeness (QED) is 0.533. The fourth-order valence-electron chi connectivity index (χ4n) is 4.88. The highest BCUT2D eigenvalue weighted by Gasteiger charge is 2.32. The van der Waals surface area contributed by atoms with Crippen LogP contribution in [0.3, 0.4) is 0 Å². The molecule has 0 aliphatic heterocycles. The normalized spacial score (nSPS) is 12.4. The van der Waals surface area contributed by atoms with Gasteiger partial charge in [-0.15, -0.1) is 0 Å². The van der Waals surface area contributed by atoms with Crippen LogP contribution in [0.15, 0.2) is 36.4 Å². The van der Waals surface area contributed by atoms with Crippen LogP contribution in [0.5, 0.6) is 5.75 Å². The van der Waals surface area contributed by atoms with Crippen LogP contribution in [0.4, 0.5) is 0 Å². The van der Waals surface area contributed by atoms with Crippen LogP contribution in [0, 0.1) is 5.41 Å². The summed E-state index contributed by atoms with van der Waals surface area (Å²) in [7, 11) is 0. The van der Waals surface area contributed by atoms with E-state index in [9.17, 15) is 5.11 Å². The van der Waals surface area contributed by atoms with Crippen molar-refractivity contribution in [2.24, 2.45) is 5.41 Å². The van der Waals surface area contributed by atoms with E-state index in [1.54, 1.807) is 0 Å². The van der Waals surface area contributed by atoms with E-state index in [-0.39, 0.29) is 10.8 Å². The summed E-state index contributed by atoms with van der Waals surface area (Å²) >= 11 is 0. The maximum atomic E-state index is 11.0. The van der Waals surface area contributed by atoms with Gasteiger partial charge in [-0.1, -0.05) is 85.2 Å². The second kappa shape index (κ2) is 8.50. The molecule has 0 heterocycles. The van der Waals surface area contributed by atoms with Gasteiger partial charge >= 0.3 is 0 Å². The maximum absolute atomic E-state index is 11.0. The Labute approximate surface area is 166 Å². The fraction of sp³-hybridized carbons (Fsp3) is 0.538. The molecule has 0 spiro atoms. The summed E-state index contributed by atoms with van der Waals surface area (Å²) in [6.07, 6.45) is 5.41.